The van der Waals surface area contributed by atoms with E-state index in [0.29, 0.717) is 0 Å². The average molecular weight is 346 g/mol. The predicted molar refractivity (Wildman–Crippen MR) is 90.4 cm³/mol. The second kappa shape index (κ2) is 5.99. The molecule has 0 nitrogen and oxygen atoms in total. The van der Waals surface area contributed by atoms with Crippen LogP contribution in [-0.4, -0.2) is 0 Å². The first kappa shape index (κ1) is 13.7. The van der Waals surface area contributed by atoms with E-state index in [-0.39, 0.29) is 5.38 Å². The van der Waals surface area contributed by atoms with Crippen LogP contribution in [-0.2, 0) is 6.42 Å². The molecule has 3 aromatic rings. The van der Waals surface area contributed by atoms with E-state index in [1.165, 1.54) is 16.3 Å². The minimum atomic E-state index is 0.00395. The maximum atomic E-state index is 6.53. The molecule has 0 saturated heterocycles. The minimum absolute atomic E-state index is 0.00395. The van der Waals surface area contributed by atoms with Crippen molar-refractivity contribution in [2.45, 2.75) is 11.8 Å². The number of halogens is 2. The lowest BCUT2D eigenvalue weighted by Crippen LogP contribution is -1.95. The van der Waals surface area contributed by atoms with Gasteiger partial charge < -0.3 is 0 Å². The molecule has 1 unspecified atom stereocenters. The van der Waals surface area contributed by atoms with Crippen molar-refractivity contribution in [3.8, 4) is 0 Å². The first-order valence-corrected chi connectivity index (χ1v) is 7.82. The highest BCUT2D eigenvalue weighted by Gasteiger charge is 2.09. The molecule has 3 aromatic carbocycles. The zero-order valence-electron chi connectivity index (χ0n) is 10.9. The van der Waals surface area contributed by atoms with Crippen LogP contribution in [0.2, 0.25) is 0 Å². The summed E-state index contributed by atoms with van der Waals surface area (Å²) in [6.45, 7) is 0. The molecule has 0 aliphatic carbocycles. The average Bonchev–Trinajstić information content (AvgIpc) is 2.48. The molecule has 0 fully saturated rings. The van der Waals surface area contributed by atoms with Gasteiger partial charge in [-0.15, -0.1) is 11.6 Å². The lowest BCUT2D eigenvalue weighted by Gasteiger charge is -2.11. The maximum absolute atomic E-state index is 6.53. The molecule has 0 bridgehead atoms. The lowest BCUT2D eigenvalue weighted by molar-refractivity contribution is 0.921. The Hall–Kier alpha value is -1.31. The second-order valence-electron chi connectivity index (χ2n) is 4.90. The lowest BCUT2D eigenvalue weighted by atomic mass is 10.0. The number of hydrogen-bond acceptors (Lipinski definition) is 0. The van der Waals surface area contributed by atoms with Gasteiger partial charge >= 0.3 is 0 Å². The van der Waals surface area contributed by atoms with Crippen LogP contribution in [0.15, 0.2) is 71.2 Å². The fourth-order valence-electron chi connectivity index (χ4n) is 2.36. The van der Waals surface area contributed by atoms with Crippen LogP contribution in [0.25, 0.3) is 10.8 Å². The van der Waals surface area contributed by atoms with Crippen molar-refractivity contribution in [3.05, 3.63) is 82.3 Å². The summed E-state index contributed by atoms with van der Waals surface area (Å²) < 4.78 is 1.08. The summed E-state index contributed by atoms with van der Waals surface area (Å²) in [5.41, 5.74) is 2.43. The number of rotatable bonds is 3. The Morgan fingerprint density at radius 1 is 0.850 bits per heavy atom. The van der Waals surface area contributed by atoms with Crippen LogP contribution in [0.3, 0.4) is 0 Å². The van der Waals surface area contributed by atoms with Gasteiger partial charge in [0.1, 0.15) is 0 Å². The van der Waals surface area contributed by atoms with Gasteiger partial charge in [-0.05, 0) is 40.5 Å². The van der Waals surface area contributed by atoms with E-state index in [2.05, 4.69) is 70.5 Å². The van der Waals surface area contributed by atoms with Gasteiger partial charge in [0.05, 0.1) is 5.38 Å². The highest BCUT2D eigenvalue weighted by Crippen LogP contribution is 2.27. The Morgan fingerprint density at radius 3 is 2.30 bits per heavy atom. The second-order valence-corrected chi connectivity index (χ2v) is 6.35. The summed E-state index contributed by atoms with van der Waals surface area (Å²) in [6.07, 6.45) is 0.841. The summed E-state index contributed by atoms with van der Waals surface area (Å²) in [5, 5.41) is 2.54. The molecule has 0 saturated carbocycles. The third kappa shape index (κ3) is 3.05. The third-order valence-corrected chi connectivity index (χ3v) is 4.40. The van der Waals surface area contributed by atoms with Crippen molar-refractivity contribution < 1.29 is 0 Å². The smallest absolute Gasteiger partial charge is 0.0625 e. The van der Waals surface area contributed by atoms with Gasteiger partial charge in [0.2, 0.25) is 0 Å². The van der Waals surface area contributed by atoms with Crippen LogP contribution in [0, 0.1) is 0 Å². The van der Waals surface area contributed by atoms with Gasteiger partial charge in [-0.1, -0.05) is 70.5 Å². The van der Waals surface area contributed by atoms with E-state index >= 15 is 0 Å². The fraction of sp³-hybridized carbons (Fsp3) is 0.111. The van der Waals surface area contributed by atoms with Gasteiger partial charge in [0.15, 0.2) is 0 Å². The molecule has 0 heterocycles. The molecule has 20 heavy (non-hydrogen) atoms. The largest absolute Gasteiger partial charge is 0.117 e. The molecular weight excluding hydrogens is 332 g/mol. The molecule has 0 amide bonds. The molecule has 3 rings (SSSR count). The molecule has 0 aromatic heterocycles. The monoisotopic (exact) mass is 344 g/mol. The molecular formula is C18H14BrCl. The van der Waals surface area contributed by atoms with Gasteiger partial charge in [0, 0.05) is 4.47 Å². The molecule has 0 aliphatic heterocycles. The highest BCUT2D eigenvalue weighted by atomic mass is 79.9. The van der Waals surface area contributed by atoms with Gasteiger partial charge in [-0.3, -0.25) is 0 Å². The topological polar surface area (TPSA) is 0 Å². The summed E-state index contributed by atoms with van der Waals surface area (Å²) >= 11 is 9.97. The molecule has 100 valence electrons. The number of hydrogen-bond donors (Lipinski definition) is 0. The van der Waals surface area contributed by atoms with Crippen molar-refractivity contribution in [2.75, 3.05) is 0 Å². The van der Waals surface area contributed by atoms with E-state index in [0.717, 1.165) is 16.5 Å². The number of fused-ring (bicyclic) bond motifs is 1. The maximum Gasteiger partial charge on any atom is 0.0625 e. The number of benzene rings is 3. The summed E-state index contributed by atoms with van der Waals surface area (Å²) in [6, 6.07) is 23.2. The molecule has 2 heteroatoms. The van der Waals surface area contributed by atoms with Crippen LogP contribution >= 0.6 is 27.5 Å². The van der Waals surface area contributed by atoms with Gasteiger partial charge in [-0.25, -0.2) is 0 Å². The quantitative estimate of drug-likeness (QED) is 0.501. The minimum Gasteiger partial charge on any atom is -0.117 e. The van der Waals surface area contributed by atoms with E-state index < -0.39 is 0 Å². The van der Waals surface area contributed by atoms with Crippen molar-refractivity contribution in [2.24, 2.45) is 0 Å². The Morgan fingerprint density at radius 2 is 1.55 bits per heavy atom. The Labute approximate surface area is 132 Å². The molecule has 0 N–H and O–H groups in total. The van der Waals surface area contributed by atoms with Crippen LogP contribution in [0.5, 0.6) is 0 Å². The predicted octanol–water partition coefficient (Wildman–Crippen LogP) is 6.12. The highest BCUT2D eigenvalue weighted by molar-refractivity contribution is 9.10. The molecule has 0 spiro atoms. The van der Waals surface area contributed by atoms with Crippen molar-refractivity contribution >= 4 is 38.3 Å². The third-order valence-electron chi connectivity index (χ3n) is 3.46. The standard InChI is InChI=1S/C18H14BrCl/c19-17-9-7-15(8-10-17)18(20)12-13-5-6-14-3-1-2-4-16(14)11-13/h1-11,18H,12H2. The van der Waals surface area contributed by atoms with Gasteiger partial charge in [-0.2, -0.15) is 0 Å². The Balaban J connectivity index is 1.83. The van der Waals surface area contributed by atoms with Gasteiger partial charge in [0.25, 0.3) is 0 Å². The van der Waals surface area contributed by atoms with Crippen molar-refractivity contribution in [1.29, 1.82) is 0 Å². The normalized spacial score (nSPS) is 12.5. The van der Waals surface area contributed by atoms with Crippen LogP contribution < -0.4 is 0 Å². The van der Waals surface area contributed by atoms with Crippen LogP contribution in [0.4, 0.5) is 0 Å². The molecule has 0 aliphatic rings. The summed E-state index contributed by atoms with van der Waals surface area (Å²) in [7, 11) is 0. The van der Waals surface area contributed by atoms with Crippen LogP contribution in [0.1, 0.15) is 16.5 Å². The summed E-state index contributed by atoms with van der Waals surface area (Å²) in [5.74, 6) is 0. The molecule has 1 atom stereocenters. The Bertz CT molecular complexity index is 719. The first-order chi connectivity index (χ1) is 9.72. The number of alkyl halides is 1. The molecule has 0 radical (unpaired) electrons. The fourth-order valence-corrected chi connectivity index (χ4v) is 2.95. The van der Waals surface area contributed by atoms with Crippen molar-refractivity contribution in [3.63, 3.8) is 0 Å². The first-order valence-electron chi connectivity index (χ1n) is 6.59. The Kier molecular flexibility index (Phi) is 4.09. The SMILES string of the molecule is ClC(Cc1ccc2ccccc2c1)c1ccc(Br)cc1. The van der Waals surface area contributed by atoms with E-state index in [1.54, 1.807) is 0 Å². The van der Waals surface area contributed by atoms with E-state index in [4.69, 9.17) is 11.6 Å². The van der Waals surface area contributed by atoms with E-state index in [9.17, 15) is 0 Å². The zero-order chi connectivity index (χ0) is 13.9. The van der Waals surface area contributed by atoms with Crippen molar-refractivity contribution in [1.82, 2.24) is 0 Å². The van der Waals surface area contributed by atoms with E-state index in [1.807, 2.05) is 12.1 Å². The summed E-state index contributed by atoms with van der Waals surface area (Å²) in [4.78, 5) is 0. The zero-order valence-corrected chi connectivity index (χ0v) is 13.2.